The van der Waals surface area contributed by atoms with Crippen LogP contribution >= 0.6 is 0 Å². The highest BCUT2D eigenvalue weighted by atomic mass is 16.4. The second-order valence-electron chi connectivity index (χ2n) is 4.61. The summed E-state index contributed by atoms with van der Waals surface area (Å²) in [5, 5.41) is 13.5. The van der Waals surface area contributed by atoms with Crippen molar-refractivity contribution in [2.24, 2.45) is 0 Å². The lowest BCUT2D eigenvalue weighted by Gasteiger charge is -2.03. The fraction of sp³-hybridized carbons (Fsp3) is 0.133. The van der Waals surface area contributed by atoms with Crippen molar-refractivity contribution in [2.75, 3.05) is 11.9 Å². The van der Waals surface area contributed by atoms with Crippen LogP contribution in [0.1, 0.15) is 5.89 Å². The summed E-state index contributed by atoms with van der Waals surface area (Å²) in [4.78, 5) is 19.5. The van der Waals surface area contributed by atoms with E-state index in [1.807, 2.05) is 30.3 Å². The molecular weight excluding hydrogens is 296 g/mol. The van der Waals surface area contributed by atoms with Crippen LogP contribution in [0.5, 0.6) is 0 Å². The molecule has 0 saturated carbocycles. The van der Waals surface area contributed by atoms with Gasteiger partial charge in [0.15, 0.2) is 5.82 Å². The van der Waals surface area contributed by atoms with E-state index in [9.17, 15) is 4.79 Å². The highest BCUT2D eigenvalue weighted by Crippen LogP contribution is 2.16. The van der Waals surface area contributed by atoms with Crippen LogP contribution in [0.25, 0.3) is 11.5 Å². The number of nitrogens with one attached hydrogen (secondary N) is 2. The van der Waals surface area contributed by atoms with Gasteiger partial charge in [-0.2, -0.15) is 0 Å². The Hall–Kier alpha value is -3.13. The van der Waals surface area contributed by atoms with Gasteiger partial charge in [-0.15, -0.1) is 10.2 Å². The van der Waals surface area contributed by atoms with Gasteiger partial charge >= 0.3 is 0 Å². The van der Waals surface area contributed by atoms with Gasteiger partial charge in [-0.05, 0) is 12.1 Å². The van der Waals surface area contributed by atoms with E-state index in [2.05, 4.69) is 30.8 Å². The van der Waals surface area contributed by atoms with E-state index in [0.29, 0.717) is 24.1 Å². The summed E-state index contributed by atoms with van der Waals surface area (Å²) in [5.41, 5.74) is 0.853. The predicted octanol–water partition coefficient (Wildman–Crippen LogP) is 1.25. The second kappa shape index (κ2) is 7.23. The minimum absolute atomic E-state index is 0.0968. The Labute approximate surface area is 132 Å². The van der Waals surface area contributed by atoms with Crippen LogP contribution in [0.3, 0.4) is 0 Å². The molecule has 116 valence electrons. The van der Waals surface area contributed by atoms with Crippen LogP contribution < -0.4 is 10.6 Å². The monoisotopic (exact) mass is 310 g/mol. The van der Waals surface area contributed by atoms with Gasteiger partial charge in [0, 0.05) is 18.0 Å². The minimum atomic E-state index is -0.228. The molecule has 0 radical (unpaired) electrons. The van der Waals surface area contributed by atoms with Gasteiger partial charge in [-0.3, -0.25) is 15.1 Å². The SMILES string of the molecule is O=C(CNCc1nnc(-c2ccccc2)o1)Nc1cnccn1. The van der Waals surface area contributed by atoms with Crippen molar-refractivity contribution < 1.29 is 9.21 Å². The summed E-state index contributed by atoms with van der Waals surface area (Å²) in [6.07, 6.45) is 4.52. The Bertz CT molecular complexity index is 760. The predicted molar refractivity (Wildman–Crippen MR) is 82.1 cm³/mol. The third kappa shape index (κ3) is 4.17. The fourth-order valence-electron chi connectivity index (χ4n) is 1.86. The van der Waals surface area contributed by atoms with Gasteiger partial charge in [0.05, 0.1) is 19.3 Å². The normalized spacial score (nSPS) is 10.4. The number of hydrogen-bond acceptors (Lipinski definition) is 7. The number of anilines is 1. The number of amides is 1. The molecule has 1 aromatic carbocycles. The smallest absolute Gasteiger partial charge is 0.247 e. The molecule has 0 saturated heterocycles. The minimum Gasteiger partial charge on any atom is -0.419 e. The zero-order valence-electron chi connectivity index (χ0n) is 12.1. The van der Waals surface area contributed by atoms with E-state index in [-0.39, 0.29) is 12.5 Å². The number of rotatable bonds is 6. The number of hydrogen-bond donors (Lipinski definition) is 2. The summed E-state index contributed by atoms with van der Waals surface area (Å²) in [7, 11) is 0. The van der Waals surface area contributed by atoms with Crippen LogP contribution in [-0.2, 0) is 11.3 Å². The summed E-state index contributed by atoms with van der Waals surface area (Å²) in [5.74, 6) is 1.04. The molecule has 3 rings (SSSR count). The Morgan fingerprint density at radius 1 is 1.13 bits per heavy atom. The van der Waals surface area contributed by atoms with Crippen molar-refractivity contribution >= 4 is 11.7 Å². The van der Waals surface area contributed by atoms with Crippen molar-refractivity contribution in [3.8, 4) is 11.5 Å². The molecular formula is C15H14N6O2. The average Bonchev–Trinajstić information content (AvgIpc) is 3.05. The van der Waals surface area contributed by atoms with Crippen molar-refractivity contribution in [1.29, 1.82) is 0 Å². The highest BCUT2D eigenvalue weighted by Gasteiger charge is 2.08. The molecule has 0 spiro atoms. The molecule has 23 heavy (non-hydrogen) atoms. The third-order valence-electron chi connectivity index (χ3n) is 2.88. The van der Waals surface area contributed by atoms with Crippen molar-refractivity contribution in [2.45, 2.75) is 6.54 Å². The molecule has 0 aliphatic carbocycles. The first-order valence-electron chi connectivity index (χ1n) is 6.95. The molecule has 0 atom stereocenters. The maximum absolute atomic E-state index is 11.7. The van der Waals surface area contributed by atoms with Crippen molar-refractivity contribution in [3.63, 3.8) is 0 Å². The topological polar surface area (TPSA) is 106 Å². The fourth-order valence-corrected chi connectivity index (χ4v) is 1.86. The number of carbonyl (C=O) groups is 1. The molecule has 2 aromatic heterocycles. The molecule has 8 heteroatoms. The molecule has 8 nitrogen and oxygen atoms in total. The molecule has 1 amide bonds. The molecule has 0 aliphatic heterocycles. The van der Waals surface area contributed by atoms with Gasteiger partial charge < -0.3 is 9.73 Å². The highest BCUT2D eigenvalue weighted by molar-refractivity contribution is 5.91. The molecule has 2 heterocycles. The van der Waals surface area contributed by atoms with Crippen LogP contribution in [0.4, 0.5) is 5.82 Å². The average molecular weight is 310 g/mol. The van der Waals surface area contributed by atoms with Gasteiger partial charge in [0.25, 0.3) is 0 Å². The lowest BCUT2D eigenvalue weighted by molar-refractivity contribution is -0.115. The summed E-state index contributed by atoms with van der Waals surface area (Å²) >= 11 is 0. The quantitative estimate of drug-likeness (QED) is 0.706. The molecule has 0 aliphatic rings. The van der Waals surface area contributed by atoms with Gasteiger partial charge in [0.1, 0.15) is 0 Å². The zero-order chi connectivity index (χ0) is 15.9. The summed E-state index contributed by atoms with van der Waals surface area (Å²) in [6.45, 7) is 0.396. The first-order valence-corrected chi connectivity index (χ1v) is 6.95. The number of carbonyl (C=O) groups excluding carboxylic acids is 1. The van der Waals surface area contributed by atoms with Crippen LogP contribution in [0.15, 0.2) is 53.3 Å². The zero-order valence-corrected chi connectivity index (χ0v) is 12.1. The Balaban J connectivity index is 1.48. The van der Waals surface area contributed by atoms with E-state index in [1.54, 1.807) is 0 Å². The van der Waals surface area contributed by atoms with Crippen LogP contribution in [-0.4, -0.2) is 32.6 Å². The Morgan fingerprint density at radius 2 is 2.00 bits per heavy atom. The molecule has 0 bridgehead atoms. The summed E-state index contributed by atoms with van der Waals surface area (Å²) in [6, 6.07) is 9.48. The van der Waals surface area contributed by atoms with Crippen molar-refractivity contribution in [1.82, 2.24) is 25.5 Å². The van der Waals surface area contributed by atoms with E-state index < -0.39 is 0 Å². The maximum atomic E-state index is 11.7. The number of nitrogens with zero attached hydrogens (tertiary/aromatic N) is 4. The standard InChI is InChI=1S/C15H14N6O2/c22-13(19-12-8-16-6-7-18-12)9-17-10-14-20-21-15(23-14)11-4-2-1-3-5-11/h1-8,17H,9-10H2,(H,18,19,22). The Kier molecular flexibility index (Phi) is 4.65. The lowest BCUT2D eigenvalue weighted by atomic mass is 10.2. The van der Waals surface area contributed by atoms with E-state index >= 15 is 0 Å². The number of aromatic nitrogens is 4. The van der Waals surface area contributed by atoms with Crippen molar-refractivity contribution in [3.05, 3.63) is 54.8 Å². The Morgan fingerprint density at radius 3 is 2.78 bits per heavy atom. The maximum Gasteiger partial charge on any atom is 0.247 e. The van der Waals surface area contributed by atoms with E-state index in [4.69, 9.17) is 4.42 Å². The van der Waals surface area contributed by atoms with E-state index in [1.165, 1.54) is 18.6 Å². The molecule has 3 aromatic rings. The van der Waals surface area contributed by atoms with Gasteiger partial charge in [-0.1, -0.05) is 18.2 Å². The molecule has 0 unspecified atom stereocenters. The first-order chi connectivity index (χ1) is 11.3. The largest absolute Gasteiger partial charge is 0.419 e. The van der Waals surface area contributed by atoms with Gasteiger partial charge in [0.2, 0.25) is 17.7 Å². The van der Waals surface area contributed by atoms with Gasteiger partial charge in [-0.25, -0.2) is 4.98 Å². The van der Waals surface area contributed by atoms with Crippen LogP contribution in [0, 0.1) is 0 Å². The first kappa shape index (κ1) is 14.8. The second-order valence-corrected chi connectivity index (χ2v) is 4.61. The molecule has 0 fully saturated rings. The number of benzene rings is 1. The van der Waals surface area contributed by atoms with E-state index in [0.717, 1.165) is 5.56 Å². The summed E-state index contributed by atoms with van der Waals surface area (Å²) < 4.78 is 5.53. The third-order valence-corrected chi connectivity index (χ3v) is 2.88. The lowest BCUT2D eigenvalue weighted by Crippen LogP contribution is -2.28. The van der Waals surface area contributed by atoms with Crippen LogP contribution in [0.2, 0.25) is 0 Å². The molecule has 2 N–H and O–H groups in total.